The van der Waals surface area contributed by atoms with Crippen LogP contribution < -0.4 is 10.1 Å². The molecular formula is C22H22F3N3OS. The zero-order chi connectivity index (χ0) is 21.4. The number of alkyl halides is 3. The zero-order valence-electron chi connectivity index (χ0n) is 16.4. The van der Waals surface area contributed by atoms with Crippen LogP contribution in [0.3, 0.4) is 0 Å². The lowest BCUT2D eigenvalue weighted by Gasteiger charge is -2.13. The molecular weight excluding hydrogens is 411 g/mol. The molecule has 3 rings (SSSR count). The van der Waals surface area contributed by atoms with E-state index in [2.05, 4.69) is 22.2 Å². The molecule has 0 aliphatic heterocycles. The maximum atomic E-state index is 13.4. The molecule has 3 aromatic rings. The minimum Gasteiger partial charge on any atom is -0.494 e. The molecule has 1 aromatic heterocycles. The highest BCUT2D eigenvalue weighted by Crippen LogP contribution is 2.38. The van der Waals surface area contributed by atoms with Gasteiger partial charge in [-0.1, -0.05) is 49.7 Å². The number of benzene rings is 2. The molecule has 158 valence electrons. The van der Waals surface area contributed by atoms with E-state index < -0.39 is 11.7 Å². The smallest absolute Gasteiger partial charge is 0.420 e. The Kier molecular flexibility index (Phi) is 7.57. The Bertz CT molecular complexity index is 935. The van der Waals surface area contributed by atoms with Gasteiger partial charge in [0.15, 0.2) is 0 Å². The van der Waals surface area contributed by atoms with Crippen LogP contribution in [0.2, 0.25) is 0 Å². The fourth-order valence-electron chi connectivity index (χ4n) is 2.60. The first-order chi connectivity index (χ1) is 14.5. The Morgan fingerprint density at radius 2 is 1.73 bits per heavy atom. The van der Waals surface area contributed by atoms with E-state index in [1.807, 2.05) is 0 Å². The lowest BCUT2D eigenvalue weighted by molar-refractivity contribution is -0.140. The molecule has 8 heteroatoms. The van der Waals surface area contributed by atoms with Crippen LogP contribution in [0.1, 0.15) is 31.7 Å². The highest BCUT2D eigenvalue weighted by atomic mass is 32.2. The first kappa shape index (κ1) is 22.0. The second kappa shape index (κ2) is 10.3. The fourth-order valence-corrected chi connectivity index (χ4v) is 3.53. The van der Waals surface area contributed by atoms with Crippen molar-refractivity contribution in [3.05, 3.63) is 66.4 Å². The van der Waals surface area contributed by atoms with Crippen LogP contribution in [-0.2, 0) is 6.18 Å². The minimum absolute atomic E-state index is 0.0954. The average molecular weight is 433 g/mol. The van der Waals surface area contributed by atoms with Crippen molar-refractivity contribution in [3.63, 3.8) is 0 Å². The molecule has 0 atom stereocenters. The number of halogens is 3. The first-order valence-corrected chi connectivity index (χ1v) is 10.4. The Labute approximate surface area is 177 Å². The van der Waals surface area contributed by atoms with Crippen molar-refractivity contribution in [2.24, 2.45) is 0 Å². The minimum atomic E-state index is -4.54. The van der Waals surface area contributed by atoms with Crippen molar-refractivity contribution in [2.45, 2.75) is 42.3 Å². The highest BCUT2D eigenvalue weighted by Gasteiger charge is 2.35. The molecule has 2 aromatic carbocycles. The Balaban J connectivity index is 1.73. The van der Waals surface area contributed by atoms with Crippen LogP contribution >= 0.6 is 11.8 Å². The molecule has 4 nitrogen and oxygen atoms in total. The number of anilines is 2. The summed E-state index contributed by atoms with van der Waals surface area (Å²) >= 11 is 0.950. The summed E-state index contributed by atoms with van der Waals surface area (Å²) in [6.45, 7) is 2.79. The van der Waals surface area contributed by atoms with Gasteiger partial charge in [0.25, 0.3) is 0 Å². The third-order valence-electron chi connectivity index (χ3n) is 4.14. The molecule has 0 aliphatic rings. The predicted molar refractivity (Wildman–Crippen MR) is 112 cm³/mol. The van der Waals surface area contributed by atoms with E-state index in [0.717, 1.165) is 43.0 Å². The lowest BCUT2D eigenvalue weighted by Crippen LogP contribution is -2.10. The summed E-state index contributed by atoms with van der Waals surface area (Å²) in [4.78, 5) is 8.62. The van der Waals surface area contributed by atoms with Gasteiger partial charge in [-0.15, -0.1) is 0 Å². The van der Waals surface area contributed by atoms with Gasteiger partial charge in [0, 0.05) is 16.8 Å². The Hall–Kier alpha value is -2.74. The number of nitrogens with zero attached hydrogens (tertiary/aromatic N) is 2. The molecule has 0 radical (unpaired) electrons. The number of hydrogen-bond acceptors (Lipinski definition) is 5. The third kappa shape index (κ3) is 6.38. The van der Waals surface area contributed by atoms with Crippen molar-refractivity contribution in [1.29, 1.82) is 0 Å². The van der Waals surface area contributed by atoms with Gasteiger partial charge in [0.05, 0.1) is 6.61 Å². The van der Waals surface area contributed by atoms with Gasteiger partial charge in [-0.05, 0) is 42.8 Å². The van der Waals surface area contributed by atoms with Crippen LogP contribution in [0.5, 0.6) is 5.75 Å². The second-order valence-corrected chi connectivity index (χ2v) is 7.59. The molecule has 1 N–H and O–H groups in total. The van der Waals surface area contributed by atoms with Crippen LogP contribution in [0, 0.1) is 0 Å². The van der Waals surface area contributed by atoms with E-state index in [-0.39, 0.29) is 11.0 Å². The predicted octanol–water partition coefficient (Wildman–Crippen LogP) is 6.96. The summed E-state index contributed by atoms with van der Waals surface area (Å²) < 4.78 is 45.8. The molecule has 0 bridgehead atoms. The molecule has 0 spiro atoms. The van der Waals surface area contributed by atoms with Crippen molar-refractivity contribution < 1.29 is 17.9 Å². The van der Waals surface area contributed by atoms with Gasteiger partial charge < -0.3 is 10.1 Å². The first-order valence-electron chi connectivity index (χ1n) is 9.62. The van der Waals surface area contributed by atoms with E-state index in [1.54, 1.807) is 54.6 Å². The van der Waals surface area contributed by atoms with Gasteiger partial charge in [-0.3, -0.25) is 0 Å². The molecule has 30 heavy (non-hydrogen) atoms. The number of unbranched alkanes of at least 4 members (excludes halogenated alkanes) is 2. The number of hydrogen-bond donors (Lipinski definition) is 1. The standard InChI is InChI=1S/C22H22F3N3OS/c1-2-3-7-14-29-17-12-10-16(11-13-17)27-21-26-15-19(22(23,24)25)20(28-21)30-18-8-5-4-6-9-18/h4-6,8-13,15H,2-3,7,14H2,1H3,(H,26,27,28). The third-order valence-corrected chi connectivity index (χ3v) is 5.16. The molecule has 0 unspecified atom stereocenters. The van der Waals surface area contributed by atoms with Gasteiger partial charge in [-0.2, -0.15) is 13.2 Å². The molecule has 1 heterocycles. The maximum absolute atomic E-state index is 13.4. The van der Waals surface area contributed by atoms with Crippen molar-refractivity contribution in [1.82, 2.24) is 9.97 Å². The topological polar surface area (TPSA) is 47.0 Å². The van der Waals surface area contributed by atoms with Crippen molar-refractivity contribution in [2.75, 3.05) is 11.9 Å². The quantitative estimate of drug-likeness (QED) is 0.292. The summed E-state index contributed by atoms with van der Waals surface area (Å²) in [6.07, 6.45) is -0.478. The van der Waals surface area contributed by atoms with Crippen LogP contribution in [0.4, 0.5) is 24.8 Å². The SMILES string of the molecule is CCCCCOc1ccc(Nc2ncc(C(F)(F)F)c(Sc3ccccc3)n2)cc1. The number of nitrogens with one attached hydrogen (secondary N) is 1. The van der Waals surface area contributed by atoms with E-state index in [0.29, 0.717) is 17.2 Å². The van der Waals surface area contributed by atoms with Crippen LogP contribution in [0.25, 0.3) is 0 Å². The summed E-state index contributed by atoms with van der Waals surface area (Å²) in [5.74, 6) is 0.836. The molecule has 0 saturated heterocycles. The largest absolute Gasteiger partial charge is 0.494 e. The summed E-state index contributed by atoms with van der Waals surface area (Å²) in [7, 11) is 0. The summed E-state index contributed by atoms with van der Waals surface area (Å²) in [5.41, 5.74) is -0.205. The Morgan fingerprint density at radius 1 is 1.00 bits per heavy atom. The Morgan fingerprint density at radius 3 is 2.40 bits per heavy atom. The van der Waals surface area contributed by atoms with Crippen LogP contribution in [0.15, 0.2) is 70.7 Å². The summed E-state index contributed by atoms with van der Waals surface area (Å²) in [5, 5.41) is 2.80. The van der Waals surface area contributed by atoms with E-state index in [4.69, 9.17) is 4.74 Å². The van der Waals surface area contributed by atoms with Crippen LogP contribution in [-0.4, -0.2) is 16.6 Å². The number of rotatable bonds is 9. The average Bonchev–Trinajstić information content (AvgIpc) is 2.72. The van der Waals surface area contributed by atoms with Gasteiger partial charge >= 0.3 is 6.18 Å². The van der Waals surface area contributed by atoms with Gasteiger partial charge in [0.1, 0.15) is 16.3 Å². The highest BCUT2D eigenvalue weighted by molar-refractivity contribution is 7.99. The van der Waals surface area contributed by atoms with E-state index in [9.17, 15) is 13.2 Å². The molecule has 0 amide bonds. The number of aromatic nitrogens is 2. The normalized spacial score (nSPS) is 11.3. The summed E-state index contributed by atoms with van der Waals surface area (Å²) in [6, 6.07) is 16.0. The zero-order valence-corrected chi connectivity index (χ0v) is 17.3. The maximum Gasteiger partial charge on any atom is 0.420 e. The van der Waals surface area contributed by atoms with Crippen molar-refractivity contribution in [3.8, 4) is 5.75 Å². The van der Waals surface area contributed by atoms with Crippen molar-refractivity contribution >= 4 is 23.4 Å². The molecule has 0 saturated carbocycles. The van der Waals surface area contributed by atoms with Gasteiger partial charge in [0.2, 0.25) is 5.95 Å². The van der Waals surface area contributed by atoms with E-state index in [1.165, 1.54) is 0 Å². The van der Waals surface area contributed by atoms with Gasteiger partial charge in [-0.25, -0.2) is 9.97 Å². The fraction of sp³-hybridized carbons (Fsp3) is 0.273. The molecule has 0 fully saturated rings. The second-order valence-electron chi connectivity index (χ2n) is 6.53. The van der Waals surface area contributed by atoms with E-state index >= 15 is 0 Å². The number of ether oxygens (including phenoxy) is 1. The molecule has 0 aliphatic carbocycles. The lowest BCUT2D eigenvalue weighted by atomic mass is 10.2. The monoisotopic (exact) mass is 433 g/mol.